The predicted octanol–water partition coefficient (Wildman–Crippen LogP) is 8.73. The molecule has 0 amide bonds. The van der Waals surface area contributed by atoms with Crippen LogP contribution in [0.5, 0.6) is 0 Å². The first-order valence-electron chi connectivity index (χ1n) is 10.8. The summed E-state index contributed by atoms with van der Waals surface area (Å²) in [5.74, 6) is 0. The van der Waals surface area contributed by atoms with Crippen molar-refractivity contribution in [1.82, 2.24) is 0 Å². The first kappa shape index (κ1) is 19.6. The lowest BCUT2D eigenvalue weighted by Gasteiger charge is -2.49. The van der Waals surface area contributed by atoms with Crippen molar-refractivity contribution in [3.05, 3.63) is 72.8 Å². The Labute approximate surface area is 180 Å². The zero-order valence-electron chi connectivity index (χ0n) is 18.8. The molecule has 0 saturated carbocycles. The molecule has 0 bridgehead atoms. The summed E-state index contributed by atoms with van der Waals surface area (Å²) < 4.78 is 5.73. The molecule has 0 unspecified atom stereocenters. The van der Waals surface area contributed by atoms with E-state index in [2.05, 4.69) is 114 Å². The van der Waals surface area contributed by atoms with Gasteiger partial charge in [0.1, 0.15) is 0 Å². The van der Waals surface area contributed by atoms with Crippen LogP contribution in [0.25, 0.3) is 32.7 Å². The van der Waals surface area contributed by atoms with Crippen LogP contribution in [0.4, 0.5) is 5.69 Å². The van der Waals surface area contributed by atoms with E-state index in [0.29, 0.717) is 0 Å². The quantitative estimate of drug-likeness (QED) is 0.257. The van der Waals surface area contributed by atoms with Crippen molar-refractivity contribution in [3.63, 3.8) is 0 Å². The normalized spacial score (nSPS) is 15.5. The molecular weight excluding hydrogens is 381 g/mol. The number of hydrogen-bond acceptors (Lipinski definition) is 1. The Morgan fingerprint density at radius 3 is 1.63 bits per heavy atom. The van der Waals surface area contributed by atoms with E-state index >= 15 is 0 Å². The summed E-state index contributed by atoms with van der Waals surface area (Å²) in [6.45, 7) is 14.3. The highest BCUT2D eigenvalue weighted by Crippen LogP contribution is 2.73. The van der Waals surface area contributed by atoms with Crippen LogP contribution in [0.3, 0.4) is 0 Å². The molecule has 4 aromatic carbocycles. The number of benzene rings is 4. The smallest absolute Gasteiger partial charge is 0.0703 e. The van der Waals surface area contributed by atoms with Crippen molar-refractivity contribution in [2.45, 2.75) is 51.9 Å². The van der Waals surface area contributed by atoms with E-state index in [1.165, 1.54) is 38.0 Å². The van der Waals surface area contributed by atoms with Gasteiger partial charge in [-0.25, -0.2) is 0 Å². The Kier molecular flexibility index (Phi) is 4.12. The van der Waals surface area contributed by atoms with Crippen molar-refractivity contribution < 1.29 is 0 Å². The molecule has 30 heavy (non-hydrogen) atoms. The lowest BCUT2D eigenvalue weighted by molar-refractivity contribution is 0.703. The monoisotopic (exact) mass is 411 g/mol. The van der Waals surface area contributed by atoms with E-state index in [-0.39, 0.29) is 10.3 Å². The minimum atomic E-state index is -1.94. The zero-order chi connectivity index (χ0) is 21.3. The van der Waals surface area contributed by atoms with Crippen LogP contribution in [-0.4, -0.2) is 10.3 Å². The Morgan fingerprint density at radius 1 is 0.567 bits per heavy atom. The number of hydrogen-bond donors (Lipinski definition) is 0. The fourth-order valence-electron chi connectivity index (χ4n) is 5.64. The van der Waals surface area contributed by atoms with Crippen LogP contribution >= 0.6 is 7.05 Å². The first-order valence-corrected chi connectivity index (χ1v) is 12.6. The van der Waals surface area contributed by atoms with Gasteiger partial charge in [0, 0.05) is 33.8 Å². The topological polar surface area (TPSA) is 12.4 Å². The van der Waals surface area contributed by atoms with Gasteiger partial charge in [0.15, 0.2) is 0 Å². The van der Waals surface area contributed by atoms with Crippen molar-refractivity contribution in [3.8, 4) is 11.1 Å². The third kappa shape index (κ3) is 2.51. The van der Waals surface area contributed by atoms with Crippen LogP contribution in [0.2, 0.25) is 0 Å². The summed E-state index contributed by atoms with van der Waals surface area (Å²) >= 11 is 0. The molecule has 2 heteroatoms. The Hall–Kier alpha value is -2.37. The molecule has 0 saturated heterocycles. The molecule has 0 atom stereocenters. The molecule has 0 spiro atoms. The maximum absolute atomic E-state index is 5.73. The molecule has 0 radical (unpaired) electrons. The Balaban J connectivity index is 2.11. The van der Waals surface area contributed by atoms with Crippen molar-refractivity contribution in [2.24, 2.45) is 4.74 Å². The van der Waals surface area contributed by atoms with Crippen molar-refractivity contribution in [2.75, 3.05) is 0 Å². The molecule has 1 nitrogen and oxygen atoms in total. The molecule has 0 N–H and O–H groups in total. The lowest BCUT2D eigenvalue weighted by atomic mass is 9.92. The van der Waals surface area contributed by atoms with Gasteiger partial charge < -0.3 is 0 Å². The summed E-state index contributed by atoms with van der Waals surface area (Å²) in [7, 11) is -1.94. The van der Waals surface area contributed by atoms with Crippen LogP contribution < -0.4 is 5.30 Å². The van der Waals surface area contributed by atoms with Gasteiger partial charge in [0.2, 0.25) is 0 Å². The highest BCUT2D eigenvalue weighted by atomic mass is 31.2. The van der Waals surface area contributed by atoms with Crippen LogP contribution in [0.1, 0.15) is 41.5 Å². The van der Waals surface area contributed by atoms with E-state index in [0.717, 1.165) is 5.69 Å². The van der Waals surface area contributed by atoms with E-state index in [1.807, 2.05) is 0 Å². The maximum atomic E-state index is 5.73. The largest absolute Gasteiger partial charge is 0.261 e. The lowest BCUT2D eigenvalue weighted by Crippen LogP contribution is -2.37. The summed E-state index contributed by atoms with van der Waals surface area (Å²) in [6.07, 6.45) is 0. The second-order valence-corrected chi connectivity index (χ2v) is 15.1. The molecule has 0 fully saturated rings. The maximum Gasteiger partial charge on any atom is 0.0703 e. The first-order chi connectivity index (χ1) is 14.1. The van der Waals surface area contributed by atoms with Crippen LogP contribution in [0.15, 0.2) is 77.5 Å². The molecular formula is C28H30NP. The highest BCUT2D eigenvalue weighted by Gasteiger charge is 2.48. The second-order valence-electron chi connectivity index (χ2n) is 10.4. The van der Waals surface area contributed by atoms with Gasteiger partial charge in [-0.3, -0.25) is 4.74 Å². The summed E-state index contributed by atoms with van der Waals surface area (Å²) in [4.78, 5) is 0. The Morgan fingerprint density at radius 2 is 1.07 bits per heavy atom. The van der Waals surface area contributed by atoms with Gasteiger partial charge in [0.25, 0.3) is 0 Å². The third-order valence-corrected chi connectivity index (χ3v) is 12.1. The number of nitrogens with zero attached hydrogens (tertiary/aromatic N) is 1. The SMILES string of the molecule is CC(C)(C)P1(C(C)(C)C)=Nc2ccc3ccccc3c2-c2c1ccc1ccccc21. The summed E-state index contributed by atoms with van der Waals surface area (Å²) in [5.41, 5.74) is 3.88. The van der Waals surface area contributed by atoms with Gasteiger partial charge in [0.05, 0.1) is 5.69 Å². The average Bonchev–Trinajstić information content (AvgIpc) is 2.70. The highest BCUT2D eigenvalue weighted by molar-refractivity contribution is 7.77. The second kappa shape index (κ2) is 6.32. The van der Waals surface area contributed by atoms with E-state index < -0.39 is 7.05 Å². The third-order valence-electron chi connectivity index (χ3n) is 6.61. The molecule has 1 heterocycles. The summed E-state index contributed by atoms with van der Waals surface area (Å²) in [6, 6.07) is 26.8. The van der Waals surface area contributed by atoms with Crippen LogP contribution in [0, 0.1) is 0 Å². The Bertz CT molecular complexity index is 1350. The van der Waals surface area contributed by atoms with Gasteiger partial charge in [-0.2, -0.15) is 0 Å². The molecule has 4 aromatic rings. The fourth-order valence-corrected chi connectivity index (χ4v) is 11.1. The van der Waals surface area contributed by atoms with Gasteiger partial charge in [-0.15, -0.1) is 0 Å². The van der Waals surface area contributed by atoms with Crippen LogP contribution in [-0.2, 0) is 0 Å². The van der Waals surface area contributed by atoms with E-state index in [1.54, 1.807) is 0 Å². The molecule has 5 rings (SSSR count). The van der Waals surface area contributed by atoms with Gasteiger partial charge >= 0.3 is 0 Å². The molecule has 1 aliphatic heterocycles. The number of fused-ring (bicyclic) bond motifs is 7. The van der Waals surface area contributed by atoms with E-state index in [9.17, 15) is 0 Å². The van der Waals surface area contributed by atoms with Gasteiger partial charge in [-0.1, -0.05) is 108 Å². The van der Waals surface area contributed by atoms with Crippen molar-refractivity contribution >= 4 is 39.6 Å². The minimum absolute atomic E-state index is 0.0613. The number of rotatable bonds is 0. The standard InChI is InChI=1S/C28H30NP/c1-27(2,3)30(28(4,5)6)24-18-16-20-12-8-10-14-22(20)26(24)25-21-13-9-7-11-19(21)15-17-23(25)29-30/h7-18H,1-6H3. The molecule has 0 aromatic heterocycles. The van der Waals surface area contributed by atoms with E-state index in [4.69, 9.17) is 4.74 Å². The average molecular weight is 412 g/mol. The summed E-state index contributed by atoms with van der Waals surface area (Å²) in [5, 5.41) is 6.82. The fraction of sp³-hybridized carbons (Fsp3) is 0.286. The van der Waals surface area contributed by atoms with Gasteiger partial charge in [-0.05, 0) is 27.6 Å². The predicted molar refractivity (Wildman–Crippen MR) is 135 cm³/mol. The molecule has 1 aliphatic rings. The minimum Gasteiger partial charge on any atom is -0.261 e. The van der Waals surface area contributed by atoms with Crippen molar-refractivity contribution in [1.29, 1.82) is 0 Å². The zero-order valence-corrected chi connectivity index (χ0v) is 19.7. The molecule has 0 aliphatic carbocycles. The molecule has 152 valence electrons.